The van der Waals surface area contributed by atoms with Crippen molar-refractivity contribution in [3.8, 4) is 5.75 Å². The van der Waals surface area contributed by atoms with Gasteiger partial charge in [0, 0.05) is 7.11 Å². The Morgan fingerprint density at radius 2 is 2.06 bits per heavy atom. The van der Waals surface area contributed by atoms with Crippen molar-refractivity contribution in [3.63, 3.8) is 0 Å². The number of nitrogens with two attached hydrogens (primary N) is 1. The van der Waals surface area contributed by atoms with Gasteiger partial charge < -0.3 is 15.2 Å². The van der Waals surface area contributed by atoms with E-state index < -0.39 is 0 Å². The summed E-state index contributed by atoms with van der Waals surface area (Å²) in [7, 11) is 3.05. The Hall–Kier alpha value is -1.13. The summed E-state index contributed by atoms with van der Waals surface area (Å²) < 4.78 is 23.8. The fraction of sp³-hybridized carbons (Fsp3) is 0.500. The van der Waals surface area contributed by atoms with Gasteiger partial charge in [0.1, 0.15) is 11.6 Å². The topological polar surface area (TPSA) is 44.5 Å². The van der Waals surface area contributed by atoms with Crippen molar-refractivity contribution in [1.29, 1.82) is 0 Å². The van der Waals surface area contributed by atoms with Crippen LogP contribution in [0.4, 0.5) is 4.39 Å². The molecule has 0 saturated carbocycles. The zero-order valence-corrected chi connectivity index (χ0v) is 9.92. The molecule has 0 heterocycles. The highest BCUT2D eigenvalue weighted by Gasteiger charge is 2.17. The molecule has 0 aliphatic heterocycles. The van der Waals surface area contributed by atoms with Crippen LogP contribution in [0.1, 0.15) is 24.0 Å². The Kier molecular flexibility index (Phi) is 4.71. The molecular weight excluding hydrogens is 209 g/mol. The Balaban J connectivity index is 3.24. The highest BCUT2D eigenvalue weighted by Crippen LogP contribution is 2.32. The predicted octanol–water partition coefficient (Wildman–Crippen LogP) is 2.04. The molecule has 1 aromatic carbocycles. The third-order valence-corrected chi connectivity index (χ3v) is 2.61. The van der Waals surface area contributed by atoms with Crippen molar-refractivity contribution in [3.05, 3.63) is 29.1 Å². The van der Waals surface area contributed by atoms with Crippen molar-refractivity contribution >= 4 is 0 Å². The standard InChI is InChI=1S/C12H18FNO2/c1-8(6-14)9-4-5-11(13)10(7-15-2)12(9)16-3/h4-5,8H,6-7,14H2,1-3H3. The first-order valence-electron chi connectivity index (χ1n) is 5.20. The molecule has 1 atom stereocenters. The molecular formula is C12H18FNO2. The molecule has 16 heavy (non-hydrogen) atoms. The van der Waals surface area contributed by atoms with Gasteiger partial charge in [0.25, 0.3) is 0 Å². The third-order valence-electron chi connectivity index (χ3n) is 2.61. The molecule has 3 nitrogen and oxygen atoms in total. The number of halogens is 1. The van der Waals surface area contributed by atoms with E-state index in [4.69, 9.17) is 15.2 Å². The molecule has 0 fully saturated rings. The monoisotopic (exact) mass is 227 g/mol. The number of rotatable bonds is 5. The minimum Gasteiger partial charge on any atom is -0.496 e. The molecule has 0 radical (unpaired) electrons. The number of methoxy groups -OCH3 is 2. The van der Waals surface area contributed by atoms with Crippen LogP contribution in [0.2, 0.25) is 0 Å². The van der Waals surface area contributed by atoms with Gasteiger partial charge in [-0.25, -0.2) is 4.39 Å². The minimum absolute atomic E-state index is 0.131. The van der Waals surface area contributed by atoms with Gasteiger partial charge in [-0.2, -0.15) is 0 Å². The van der Waals surface area contributed by atoms with Crippen LogP contribution in [0.25, 0.3) is 0 Å². The molecule has 2 N–H and O–H groups in total. The number of hydrogen-bond acceptors (Lipinski definition) is 3. The van der Waals surface area contributed by atoms with E-state index in [-0.39, 0.29) is 18.3 Å². The second kappa shape index (κ2) is 5.82. The van der Waals surface area contributed by atoms with Crippen LogP contribution >= 0.6 is 0 Å². The molecule has 4 heteroatoms. The van der Waals surface area contributed by atoms with Gasteiger partial charge in [0.15, 0.2) is 0 Å². The minimum atomic E-state index is -0.313. The van der Waals surface area contributed by atoms with Crippen molar-refractivity contribution < 1.29 is 13.9 Å². The van der Waals surface area contributed by atoms with Crippen LogP contribution in [0.15, 0.2) is 12.1 Å². The van der Waals surface area contributed by atoms with Gasteiger partial charge in [0.2, 0.25) is 0 Å². The lowest BCUT2D eigenvalue weighted by molar-refractivity contribution is 0.177. The molecule has 0 aliphatic rings. The Labute approximate surface area is 95.4 Å². The lowest BCUT2D eigenvalue weighted by atomic mass is 9.97. The zero-order chi connectivity index (χ0) is 12.1. The summed E-state index contributed by atoms with van der Waals surface area (Å²) in [6.07, 6.45) is 0. The summed E-state index contributed by atoms with van der Waals surface area (Å²) in [4.78, 5) is 0. The molecule has 0 bridgehead atoms. The van der Waals surface area contributed by atoms with E-state index in [0.717, 1.165) is 5.56 Å². The Morgan fingerprint density at radius 3 is 2.56 bits per heavy atom. The van der Waals surface area contributed by atoms with Crippen LogP contribution in [0, 0.1) is 5.82 Å². The van der Waals surface area contributed by atoms with Crippen LogP contribution in [0.3, 0.4) is 0 Å². The Morgan fingerprint density at radius 1 is 1.38 bits per heavy atom. The predicted molar refractivity (Wildman–Crippen MR) is 61.1 cm³/mol. The molecule has 0 spiro atoms. The molecule has 1 rings (SSSR count). The summed E-state index contributed by atoms with van der Waals surface area (Å²) in [5.41, 5.74) is 6.97. The summed E-state index contributed by atoms with van der Waals surface area (Å²) in [6, 6.07) is 3.14. The normalized spacial score (nSPS) is 12.6. The molecule has 90 valence electrons. The van der Waals surface area contributed by atoms with E-state index in [2.05, 4.69) is 0 Å². The van der Waals surface area contributed by atoms with E-state index in [1.807, 2.05) is 6.92 Å². The maximum atomic E-state index is 13.6. The highest BCUT2D eigenvalue weighted by atomic mass is 19.1. The van der Waals surface area contributed by atoms with Crippen molar-refractivity contribution in [2.24, 2.45) is 5.73 Å². The Bertz CT molecular complexity index is 355. The van der Waals surface area contributed by atoms with Gasteiger partial charge >= 0.3 is 0 Å². The largest absolute Gasteiger partial charge is 0.496 e. The van der Waals surface area contributed by atoms with Crippen molar-refractivity contribution in [2.75, 3.05) is 20.8 Å². The quantitative estimate of drug-likeness (QED) is 0.837. The SMILES string of the molecule is COCc1c(F)ccc(C(C)CN)c1OC. The van der Waals surface area contributed by atoms with Crippen molar-refractivity contribution in [1.82, 2.24) is 0 Å². The second-order valence-electron chi connectivity index (χ2n) is 3.72. The fourth-order valence-electron chi connectivity index (χ4n) is 1.66. The average Bonchev–Trinajstić information content (AvgIpc) is 2.30. The summed E-state index contributed by atoms with van der Waals surface area (Å²) in [6.45, 7) is 2.67. The van der Waals surface area contributed by atoms with Gasteiger partial charge in [-0.15, -0.1) is 0 Å². The number of hydrogen-bond donors (Lipinski definition) is 1. The molecule has 1 aromatic rings. The van der Waals surface area contributed by atoms with Crippen LogP contribution in [-0.4, -0.2) is 20.8 Å². The van der Waals surface area contributed by atoms with E-state index in [0.29, 0.717) is 17.9 Å². The van der Waals surface area contributed by atoms with Crippen molar-refractivity contribution in [2.45, 2.75) is 19.4 Å². The first-order chi connectivity index (χ1) is 7.65. The fourth-order valence-corrected chi connectivity index (χ4v) is 1.66. The first-order valence-corrected chi connectivity index (χ1v) is 5.20. The average molecular weight is 227 g/mol. The van der Waals surface area contributed by atoms with Crippen LogP contribution in [0.5, 0.6) is 5.75 Å². The summed E-state index contributed by atoms with van der Waals surface area (Å²) in [5.74, 6) is 0.359. The van der Waals surface area contributed by atoms with Gasteiger partial charge in [-0.3, -0.25) is 0 Å². The highest BCUT2D eigenvalue weighted by molar-refractivity contribution is 5.44. The molecule has 0 amide bonds. The summed E-state index contributed by atoms with van der Waals surface area (Å²) >= 11 is 0. The van der Waals surface area contributed by atoms with Gasteiger partial charge in [-0.1, -0.05) is 13.0 Å². The molecule has 0 aliphatic carbocycles. The van der Waals surface area contributed by atoms with Gasteiger partial charge in [0.05, 0.1) is 19.3 Å². The number of ether oxygens (including phenoxy) is 2. The van der Waals surface area contributed by atoms with E-state index in [1.165, 1.54) is 20.3 Å². The van der Waals surface area contributed by atoms with E-state index in [1.54, 1.807) is 6.07 Å². The third kappa shape index (κ3) is 2.51. The first kappa shape index (κ1) is 12.9. The maximum absolute atomic E-state index is 13.6. The lowest BCUT2D eigenvalue weighted by Gasteiger charge is -2.17. The zero-order valence-electron chi connectivity index (χ0n) is 9.92. The van der Waals surface area contributed by atoms with Crippen LogP contribution < -0.4 is 10.5 Å². The van der Waals surface area contributed by atoms with E-state index in [9.17, 15) is 4.39 Å². The maximum Gasteiger partial charge on any atom is 0.132 e. The number of benzene rings is 1. The molecule has 1 unspecified atom stereocenters. The molecule has 0 saturated heterocycles. The van der Waals surface area contributed by atoms with E-state index >= 15 is 0 Å². The second-order valence-corrected chi connectivity index (χ2v) is 3.72. The van der Waals surface area contributed by atoms with Crippen LogP contribution in [-0.2, 0) is 11.3 Å². The lowest BCUT2D eigenvalue weighted by Crippen LogP contribution is -2.12. The summed E-state index contributed by atoms with van der Waals surface area (Å²) in [5, 5.41) is 0. The van der Waals surface area contributed by atoms with Gasteiger partial charge in [-0.05, 0) is 24.1 Å². The molecule has 0 aromatic heterocycles. The smallest absolute Gasteiger partial charge is 0.132 e.